The van der Waals surface area contributed by atoms with E-state index < -0.39 is 0 Å². The summed E-state index contributed by atoms with van der Waals surface area (Å²) in [5.41, 5.74) is 2.10. The van der Waals surface area contributed by atoms with Crippen molar-refractivity contribution in [2.45, 2.75) is 25.7 Å². The summed E-state index contributed by atoms with van der Waals surface area (Å²) in [5, 5.41) is 10.2. The van der Waals surface area contributed by atoms with E-state index in [0.29, 0.717) is 5.82 Å². The lowest BCUT2D eigenvalue weighted by atomic mass is 9.96. The summed E-state index contributed by atoms with van der Waals surface area (Å²) in [6, 6.07) is 7.77. The van der Waals surface area contributed by atoms with Crippen molar-refractivity contribution in [3.05, 3.63) is 35.5 Å². The maximum Gasteiger partial charge on any atom is 0.228 e. The number of methoxy groups -OCH3 is 2. The summed E-state index contributed by atoms with van der Waals surface area (Å²) in [7, 11) is 5.38. The van der Waals surface area contributed by atoms with Crippen molar-refractivity contribution in [2.24, 2.45) is 5.92 Å². The monoisotopic (exact) mass is 372 g/mol. The van der Waals surface area contributed by atoms with E-state index in [2.05, 4.69) is 27.5 Å². The zero-order valence-corrected chi connectivity index (χ0v) is 16.2. The number of rotatable bonds is 7. The molecule has 2 N–H and O–H groups in total. The van der Waals surface area contributed by atoms with Crippen LogP contribution in [0.2, 0.25) is 0 Å². The number of likely N-dealkylation sites (tertiary alicyclic amines) is 1. The van der Waals surface area contributed by atoms with Gasteiger partial charge in [-0.05, 0) is 63.5 Å². The van der Waals surface area contributed by atoms with Crippen molar-refractivity contribution in [1.29, 1.82) is 0 Å². The summed E-state index contributed by atoms with van der Waals surface area (Å²) in [6.45, 7) is 1.93. The van der Waals surface area contributed by atoms with E-state index in [1.54, 1.807) is 14.2 Å². The lowest BCUT2D eigenvalue weighted by Gasteiger charge is -2.27. The SMILES string of the molecule is COc1cc(CCc2cc(NC(=O)C3CCN(C)CC3)n[nH]2)cc(OC)c1. The lowest BCUT2D eigenvalue weighted by molar-refractivity contribution is -0.121. The first-order valence-corrected chi connectivity index (χ1v) is 9.33. The van der Waals surface area contributed by atoms with E-state index in [9.17, 15) is 4.79 Å². The molecule has 0 radical (unpaired) electrons. The predicted molar refractivity (Wildman–Crippen MR) is 104 cm³/mol. The number of ether oxygens (including phenoxy) is 2. The summed E-state index contributed by atoms with van der Waals surface area (Å²) in [4.78, 5) is 14.6. The lowest BCUT2D eigenvalue weighted by Crippen LogP contribution is -2.35. The Balaban J connectivity index is 1.54. The van der Waals surface area contributed by atoms with Crippen molar-refractivity contribution in [1.82, 2.24) is 15.1 Å². The highest BCUT2D eigenvalue weighted by atomic mass is 16.5. The van der Waals surface area contributed by atoms with Gasteiger partial charge in [0.2, 0.25) is 5.91 Å². The van der Waals surface area contributed by atoms with Crippen LogP contribution in [0.1, 0.15) is 24.1 Å². The summed E-state index contributed by atoms with van der Waals surface area (Å²) >= 11 is 0. The molecule has 0 bridgehead atoms. The zero-order valence-electron chi connectivity index (χ0n) is 16.2. The molecule has 1 amide bonds. The molecular formula is C20H28N4O3. The molecule has 1 saturated heterocycles. The zero-order chi connectivity index (χ0) is 19.2. The fourth-order valence-corrected chi connectivity index (χ4v) is 3.34. The Morgan fingerprint density at radius 3 is 2.44 bits per heavy atom. The number of aromatic amines is 1. The standard InChI is InChI=1S/C20H28N4O3/c1-24-8-6-15(7-9-24)20(25)21-19-12-16(22-23-19)5-4-14-10-17(26-2)13-18(11-14)27-3/h10-13,15H,4-9H2,1-3H3,(H2,21,22,23,25). The van der Waals surface area contributed by atoms with Gasteiger partial charge in [0.05, 0.1) is 14.2 Å². The highest BCUT2D eigenvalue weighted by molar-refractivity contribution is 5.91. The number of aryl methyl sites for hydroxylation is 2. The van der Waals surface area contributed by atoms with E-state index in [1.807, 2.05) is 24.3 Å². The van der Waals surface area contributed by atoms with Crippen LogP contribution in [0.25, 0.3) is 0 Å². The third-order valence-electron chi connectivity index (χ3n) is 5.07. The van der Waals surface area contributed by atoms with Gasteiger partial charge in [-0.15, -0.1) is 0 Å². The minimum Gasteiger partial charge on any atom is -0.497 e. The van der Waals surface area contributed by atoms with Gasteiger partial charge in [0.15, 0.2) is 5.82 Å². The van der Waals surface area contributed by atoms with Gasteiger partial charge in [-0.25, -0.2) is 0 Å². The molecule has 1 fully saturated rings. The van der Waals surface area contributed by atoms with Gasteiger partial charge in [0, 0.05) is 23.7 Å². The van der Waals surface area contributed by atoms with Gasteiger partial charge in [-0.3, -0.25) is 9.89 Å². The number of nitrogens with zero attached hydrogens (tertiary/aromatic N) is 2. The number of aromatic nitrogens is 2. The number of anilines is 1. The third kappa shape index (κ3) is 5.23. The number of carbonyl (C=O) groups is 1. The Kier molecular flexibility index (Phi) is 6.34. The maximum atomic E-state index is 12.4. The molecule has 1 aromatic carbocycles. The number of hydrogen-bond donors (Lipinski definition) is 2. The molecule has 2 heterocycles. The van der Waals surface area contributed by atoms with E-state index in [1.165, 1.54) is 0 Å². The Bertz CT molecular complexity index is 744. The van der Waals surface area contributed by atoms with Crippen molar-refractivity contribution < 1.29 is 14.3 Å². The summed E-state index contributed by atoms with van der Waals surface area (Å²) < 4.78 is 10.6. The minimum absolute atomic E-state index is 0.0682. The van der Waals surface area contributed by atoms with Gasteiger partial charge in [0.1, 0.15) is 11.5 Å². The smallest absolute Gasteiger partial charge is 0.228 e. The second kappa shape index (κ2) is 8.90. The van der Waals surface area contributed by atoms with Crippen LogP contribution in [-0.4, -0.2) is 55.4 Å². The third-order valence-corrected chi connectivity index (χ3v) is 5.07. The quantitative estimate of drug-likeness (QED) is 0.781. The number of piperidine rings is 1. The van der Waals surface area contributed by atoms with Crippen LogP contribution >= 0.6 is 0 Å². The van der Waals surface area contributed by atoms with E-state index in [0.717, 1.165) is 61.5 Å². The molecule has 0 aliphatic carbocycles. The average molecular weight is 372 g/mol. The number of amides is 1. The van der Waals surface area contributed by atoms with Gasteiger partial charge < -0.3 is 19.7 Å². The molecule has 0 unspecified atom stereocenters. The molecule has 0 spiro atoms. The minimum atomic E-state index is 0.0682. The first-order chi connectivity index (χ1) is 13.1. The fraction of sp³-hybridized carbons (Fsp3) is 0.500. The molecule has 2 aromatic rings. The van der Waals surface area contributed by atoms with E-state index >= 15 is 0 Å². The Hall–Kier alpha value is -2.54. The van der Waals surface area contributed by atoms with Gasteiger partial charge in [0.25, 0.3) is 0 Å². The van der Waals surface area contributed by atoms with Gasteiger partial charge in [-0.2, -0.15) is 5.10 Å². The number of H-pyrrole nitrogens is 1. The van der Waals surface area contributed by atoms with Crippen LogP contribution in [-0.2, 0) is 17.6 Å². The van der Waals surface area contributed by atoms with Crippen LogP contribution in [0.3, 0.4) is 0 Å². The molecule has 0 saturated carbocycles. The van der Waals surface area contributed by atoms with Crippen molar-refractivity contribution >= 4 is 11.7 Å². The second-order valence-corrected chi connectivity index (χ2v) is 7.07. The second-order valence-electron chi connectivity index (χ2n) is 7.07. The van der Waals surface area contributed by atoms with E-state index in [-0.39, 0.29) is 11.8 Å². The van der Waals surface area contributed by atoms with Crippen molar-refractivity contribution in [3.63, 3.8) is 0 Å². The molecule has 7 heteroatoms. The Morgan fingerprint density at radius 1 is 1.15 bits per heavy atom. The molecule has 27 heavy (non-hydrogen) atoms. The molecule has 1 aliphatic heterocycles. The van der Waals surface area contributed by atoms with E-state index in [4.69, 9.17) is 9.47 Å². The van der Waals surface area contributed by atoms with Crippen LogP contribution in [0.15, 0.2) is 24.3 Å². The highest BCUT2D eigenvalue weighted by Gasteiger charge is 2.23. The number of carbonyl (C=O) groups excluding carboxylic acids is 1. The first-order valence-electron chi connectivity index (χ1n) is 9.33. The summed E-state index contributed by atoms with van der Waals surface area (Å²) in [6.07, 6.45) is 3.40. The van der Waals surface area contributed by atoms with Crippen LogP contribution < -0.4 is 14.8 Å². The number of hydrogen-bond acceptors (Lipinski definition) is 5. The van der Waals surface area contributed by atoms with Gasteiger partial charge in [-0.1, -0.05) is 0 Å². The normalized spacial score (nSPS) is 15.5. The highest BCUT2D eigenvalue weighted by Crippen LogP contribution is 2.24. The Morgan fingerprint density at radius 2 is 1.81 bits per heavy atom. The van der Waals surface area contributed by atoms with Crippen LogP contribution in [0.5, 0.6) is 11.5 Å². The van der Waals surface area contributed by atoms with Gasteiger partial charge >= 0.3 is 0 Å². The maximum absolute atomic E-state index is 12.4. The van der Waals surface area contributed by atoms with Crippen molar-refractivity contribution in [3.8, 4) is 11.5 Å². The largest absolute Gasteiger partial charge is 0.497 e. The number of nitrogens with one attached hydrogen (secondary N) is 2. The predicted octanol–water partition coefficient (Wildman–Crippen LogP) is 2.49. The molecule has 146 valence electrons. The molecule has 1 aromatic heterocycles. The van der Waals surface area contributed by atoms with Crippen LogP contribution in [0.4, 0.5) is 5.82 Å². The topological polar surface area (TPSA) is 79.5 Å². The molecule has 3 rings (SSSR count). The molecular weight excluding hydrogens is 344 g/mol. The Labute approximate surface area is 160 Å². The summed E-state index contributed by atoms with van der Waals surface area (Å²) in [5.74, 6) is 2.29. The average Bonchev–Trinajstić information content (AvgIpc) is 3.13. The molecule has 7 nitrogen and oxygen atoms in total. The molecule has 0 atom stereocenters. The molecule has 1 aliphatic rings. The first kappa shape index (κ1) is 19.2. The fourth-order valence-electron chi connectivity index (χ4n) is 3.34. The van der Waals surface area contributed by atoms with Crippen LogP contribution in [0, 0.1) is 5.92 Å². The van der Waals surface area contributed by atoms with Crippen molar-refractivity contribution in [2.75, 3.05) is 39.7 Å². The number of benzene rings is 1.